The van der Waals surface area contributed by atoms with Gasteiger partial charge in [-0.05, 0) is 44.7 Å². The average Bonchev–Trinajstić information content (AvgIpc) is 3.09. The van der Waals surface area contributed by atoms with Crippen LogP contribution in [0.4, 0.5) is 5.69 Å². The quantitative estimate of drug-likeness (QED) is 0.702. The fourth-order valence-corrected chi connectivity index (χ4v) is 2.70. The molecule has 17 heavy (non-hydrogen) atoms. The number of hydrogen-bond acceptors (Lipinski definition) is 1. The molecule has 1 aliphatic rings. The fourth-order valence-electron chi connectivity index (χ4n) is 2.11. The van der Waals surface area contributed by atoms with Crippen molar-refractivity contribution in [3.8, 4) is 0 Å². The third-order valence-electron chi connectivity index (χ3n) is 3.31. The van der Waals surface area contributed by atoms with E-state index in [0.717, 1.165) is 23.0 Å². The predicted octanol–water partition coefficient (Wildman–Crippen LogP) is 4.70. The van der Waals surface area contributed by atoms with Gasteiger partial charge in [-0.2, -0.15) is 0 Å². The van der Waals surface area contributed by atoms with Crippen molar-refractivity contribution in [3.63, 3.8) is 0 Å². The van der Waals surface area contributed by atoms with Gasteiger partial charge in [0.15, 0.2) is 0 Å². The van der Waals surface area contributed by atoms with Crippen molar-refractivity contribution in [2.75, 3.05) is 11.4 Å². The van der Waals surface area contributed by atoms with Crippen LogP contribution >= 0.6 is 23.2 Å². The van der Waals surface area contributed by atoms with Crippen LogP contribution in [0.2, 0.25) is 5.02 Å². The van der Waals surface area contributed by atoms with Crippen LogP contribution < -0.4 is 4.90 Å². The van der Waals surface area contributed by atoms with E-state index in [-0.39, 0.29) is 0 Å². The molecule has 0 saturated heterocycles. The Labute approximate surface area is 114 Å². The van der Waals surface area contributed by atoms with Crippen molar-refractivity contribution in [1.29, 1.82) is 0 Å². The zero-order valence-corrected chi connectivity index (χ0v) is 11.9. The van der Waals surface area contributed by atoms with Gasteiger partial charge in [-0.25, -0.2) is 0 Å². The highest BCUT2D eigenvalue weighted by molar-refractivity contribution is 6.32. The first kappa shape index (κ1) is 13.0. The molecule has 1 fully saturated rings. The molecule has 0 radical (unpaired) electrons. The largest absolute Gasteiger partial charge is 0.369 e. The summed E-state index contributed by atoms with van der Waals surface area (Å²) < 4.78 is 0. The second kappa shape index (κ2) is 5.49. The number of alkyl halides is 1. The summed E-state index contributed by atoms with van der Waals surface area (Å²) in [4.78, 5) is 2.43. The lowest BCUT2D eigenvalue weighted by Crippen LogP contribution is -2.33. The Morgan fingerprint density at radius 2 is 2.06 bits per heavy atom. The molecular weight excluding hydrogens is 253 g/mol. The van der Waals surface area contributed by atoms with Crippen molar-refractivity contribution >= 4 is 28.9 Å². The van der Waals surface area contributed by atoms with E-state index in [9.17, 15) is 0 Å². The molecule has 0 heterocycles. The molecule has 3 heteroatoms. The Balaban J connectivity index is 2.30. The highest BCUT2D eigenvalue weighted by Gasteiger charge is 2.26. The van der Waals surface area contributed by atoms with E-state index >= 15 is 0 Å². The molecule has 0 N–H and O–H groups in total. The summed E-state index contributed by atoms with van der Waals surface area (Å²) in [6.07, 6.45) is 2.72. The first-order chi connectivity index (χ1) is 8.13. The molecule has 1 aromatic carbocycles. The van der Waals surface area contributed by atoms with E-state index in [1.807, 2.05) is 12.1 Å². The predicted molar refractivity (Wildman–Crippen MR) is 76.2 cm³/mol. The maximum atomic E-state index is 6.22. The molecule has 1 saturated carbocycles. The van der Waals surface area contributed by atoms with Crippen molar-refractivity contribution < 1.29 is 0 Å². The number of benzene rings is 1. The summed E-state index contributed by atoms with van der Waals surface area (Å²) in [6.45, 7) is 5.57. The number of nitrogens with zero attached hydrogens (tertiary/aromatic N) is 1. The smallest absolute Gasteiger partial charge is 0.0509 e. The van der Waals surface area contributed by atoms with Crippen LogP contribution in [-0.2, 0) is 5.88 Å². The number of hydrogen-bond donors (Lipinski definition) is 0. The first-order valence-corrected chi connectivity index (χ1v) is 7.14. The summed E-state index contributed by atoms with van der Waals surface area (Å²) >= 11 is 12.2. The van der Waals surface area contributed by atoms with Gasteiger partial charge in [0.2, 0.25) is 0 Å². The zero-order valence-electron chi connectivity index (χ0n) is 10.4. The van der Waals surface area contributed by atoms with Gasteiger partial charge in [0, 0.05) is 28.9 Å². The number of rotatable bonds is 5. The van der Waals surface area contributed by atoms with Crippen LogP contribution in [0.3, 0.4) is 0 Å². The van der Waals surface area contributed by atoms with Gasteiger partial charge in [0.05, 0.1) is 5.88 Å². The third-order valence-corrected chi connectivity index (χ3v) is 3.93. The van der Waals surface area contributed by atoms with Gasteiger partial charge >= 0.3 is 0 Å². The molecule has 2 rings (SSSR count). The lowest BCUT2D eigenvalue weighted by atomic mass is 10.1. The van der Waals surface area contributed by atoms with Crippen LogP contribution in [-0.4, -0.2) is 12.6 Å². The summed E-state index contributed by atoms with van der Waals surface area (Å²) in [5, 5.41) is 0.777. The molecule has 0 unspecified atom stereocenters. The molecule has 0 spiro atoms. The lowest BCUT2D eigenvalue weighted by Gasteiger charge is -2.31. The second-order valence-electron chi connectivity index (χ2n) is 5.06. The second-order valence-corrected chi connectivity index (χ2v) is 5.74. The van der Waals surface area contributed by atoms with E-state index in [0.29, 0.717) is 11.9 Å². The number of halogens is 2. The molecular formula is C14H19Cl2N. The molecule has 0 aliphatic heterocycles. The van der Waals surface area contributed by atoms with Crippen molar-refractivity contribution in [2.45, 2.75) is 38.6 Å². The Bertz CT molecular complexity index is 386. The Morgan fingerprint density at radius 3 is 2.59 bits per heavy atom. The molecule has 0 aromatic heterocycles. The van der Waals surface area contributed by atoms with Crippen LogP contribution in [0.25, 0.3) is 0 Å². The van der Waals surface area contributed by atoms with Crippen LogP contribution in [0.5, 0.6) is 0 Å². The standard InChI is InChI=1S/C14H19Cl2N/c1-10(2)17(9-11-6-7-11)14-5-3-4-13(16)12(14)8-15/h3-5,10-11H,6-9H2,1-2H3. The van der Waals surface area contributed by atoms with E-state index in [4.69, 9.17) is 23.2 Å². The van der Waals surface area contributed by atoms with Gasteiger partial charge in [0.25, 0.3) is 0 Å². The van der Waals surface area contributed by atoms with Crippen LogP contribution in [0.15, 0.2) is 18.2 Å². The molecule has 1 aromatic rings. The fraction of sp³-hybridized carbons (Fsp3) is 0.571. The Kier molecular flexibility index (Phi) is 4.22. The molecule has 1 aliphatic carbocycles. The van der Waals surface area contributed by atoms with Crippen molar-refractivity contribution in [3.05, 3.63) is 28.8 Å². The van der Waals surface area contributed by atoms with Gasteiger partial charge in [-0.1, -0.05) is 17.7 Å². The summed E-state index contributed by atoms with van der Waals surface area (Å²) in [7, 11) is 0. The minimum Gasteiger partial charge on any atom is -0.369 e. The Hall–Kier alpha value is -0.400. The highest BCUT2D eigenvalue weighted by atomic mass is 35.5. The third kappa shape index (κ3) is 3.08. The maximum Gasteiger partial charge on any atom is 0.0509 e. The van der Waals surface area contributed by atoms with E-state index in [1.165, 1.54) is 18.5 Å². The minimum absolute atomic E-state index is 0.475. The SMILES string of the molecule is CC(C)N(CC1CC1)c1cccc(Cl)c1CCl. The zero-order chi connectivity index (χ0) is 12.4. The van der Waals surface area contributed by atoms with Crippen LogP contribution in [0, 0.1) is 5.92 Å². The van der Waals surface area contributed by atoms with Gasteiger partial charge in [-0.15, -0.1) is 11.6 Å². The molecule has 94 valence electrons. The summed E-state index contributed by atoms with van der Waals surface area (Å²) in [6, 6.07) is 6.54. The normalized spacial score (nSPS) is 15.4. The first-order valence-electron chi connectivity index (χ1n) is 6.23. The highest BCUT2D eigenvalue weighted by Crippen LogP contribution is 2.35. The minimum atomic E-state index is 0.475. The summed E-state index contributed by atoms with van der Waals surface area (Å²) in [5.41, 5.74) is 2.26. The summed E-state index contributed by atoms with van der Waals surface area (Å²) in [5.74, 6) is 1.34. The Morgan fingerprint density at radius 1 is 1.35 bits per heavy atom. The molecule has 0 bridgehead atoms. The van der Waals surface area contributed by atoms with Gasteiger partial charge in [-0.3, -0.25) is 0 Å². The van der Waals surface area contributed by atoms with E-state index < -0.39 is 0 Å². The van der Waals surface area contributed by atoms with E-state index in [1.54, 1.807) is 0 Å². The maximum absolute atomic E-state index is 6.22. The molecule has 0 atom stereocenters. The average molecular weight is 272 g/mol. The van der Waals surface area contributed by atoms with Crippen LogP contribution in [0.1, 0.15) is 32.3 Å². The monoisotopic (exact) mass is 271 g/mol. The van der Waals surface area contributed by atoms with Crippen molar-refractivity contribution in [2.24, 2.45) is 5.92 Å². The molecule has 1 nitrogen and oxygen atoms in total. The van der Waals surface area contributed by atoms with Gasteiger partial charge < -0.3 is 4.90 Å². The number of anilines is 1. The van der Waals surface area contributed by atoms with E-state index in [2.05, 4.69) is 24.8 Å². The van der Waals surface area contributed by atoms with Crippen molar-refractivity contribution in [1.82, 2.24) is 0 Å². The lowest BCUT2D eigenvalue weighted by molar-refractivity contribution is 0.643. The topological polar surface area (TPSA) is 3.24 Å². The van der Waals surface area contributed by atoms with Gasteiger partial charge in [0.1, 0.15) is 0 Å². The molecule has 0 amide bonds.